The fourth-order valence-electron chi connectivity index (χ4n) is 3.33. The van der Waals surface area contributed by atoms with E-state index < -0.39 is 0 Å². The van der Waals surface area contributed by atoms with E-state index in [1.807, 2.05) is 30.3 Å². The summed E-state index contributed by atoms with van der Waals surface area (Å²) in [5.41, 5.74) is 4.20. The van der Waals surface area contributed by atoms with Crippen molar-refractivity contribution in [1.29, 1.82) is 0 Å². The summed E-state index contributed by atoms with van der Waals surface area (Å²) in [6, 6.07) is 25.1. The highest BCUT2D eigenvalue weighted by Gasteiger charge is 2.12. The third-order valence-electron chi connectivity index (χ3n) is 5.04. The van der Waals surface area contributed by atoms with Crippen molar-refractivity contribution in [2.75, 3.05) is 12.9 Å². The predicted molar refractivity (Wildman–Crippen MR) is 144 cm³/mol. The summed E-state index contributed by atoms with van der Waals surface area (Å²) in [7, 11) is 1.55. The number of nitrogens with one attached hydrogen (secondary N) is 1. The van der Waals surface area contributed by atoms with Crippen molar-refractivity contribution in [1.82, 2.24) is 5.43 Å². The highest BCUT2D eigenvalue weighted by Crippen LogP contribution is 2.36. The highest BCUT2D eigenvalue weighted by molar-refractivity contribution is 8.00. The molecule has 0 fully saturated rings. The number of carbonyl (C=O) groups excluding carboxylic acids is 1. The van der Waals surface area contributed by atoms with E-state index in [2.05, 4.69) is 34.8 Å². The Bertz CT molecular complexity index is 1360. The Balaban J connectivity index is 1.36. The maximum atomic E-state index is 12.1. The van der Waals surface area contributed by atoms with Gasteiger partial charge in [-0.05, 0) is 64.4 Å². The fourth-order valence-corrected chi connectivity index (χ4v) is 4.42. The zero-order valence-electron chi connectivity index (χ0n) is 18.8. The maximum absolute atomic E-state index is 12.1. The lowest BCUT2D eigenvalue weighted by Crippen LogP contribution is -2.19. The lowest BCUT2D eigenvalue weighted by Gasteiger charge is -2.13. The van der Waals surface area contributed by atoms with Gasteiger partial charge in [-0.1, -0.05) is 59.6 Å². The van der Waals surface area contributed by atoms with Crippen LogP contribution in [0.3, 0.4) is 0 Å². The molecule has 0 saturated carbocycles. The number of hydrazone groups is 1. The Labute approximate surface area is 218 Å². The van der Waals surface area contributed by atoms with E-state index in [9.17, 15) is 4.79 Å². The zero-order valence-corrected chi connectivity index (χ0v) is 21.2. The average Bonchev–Trinajstić information content (AvgIpc) is 2.87. The molecule has 0 aliphatic rings. The Kier molecular flexibility index (Phi) is 8.53. The summed E-state index contributed by atoms with van der Waals surface area (Å²) in [5, 5.41) is 7.38. The van der Waals surface area contributed by atoms with Crippen LogP contribution >= 0.6 is 35.0 Å². The minimum absolute atomic E-state index is 0.227. The number of benzene rings is 4. The fraction of sp³-hybridized carbons (Fsp3) is 0.111. The van der Waals surface area contributed by atoms with Crippen LogP contribution in [0, 0.1) is 0 Å². The number of rotatable bonds is 9. The predicted octanol–water partition coefficient (Wildman–Crippen LogP) is 6.98. The molecule has 1 amide bonds. The van der Waals surface area contributed by atoms with E-state index in [4.69, 9.17) is 32.7 Å². The SMILES string of the molecule is COc1cc(/C=N\NC(=O)CSc2ccc(Cl)cc2)cc(Cl)c1OCc1ccc2ccccc2c1. The number of halogens is 2. The van der Waals surface area contributed by atoms with E-state index in [-0.39, 0.29) is 11.7 Å². The van der Waals surface area contributed by atoms with Gasteiger partial charge in [0, 0.05) is 9.92 Å². The summed E-state index contributed by atoms with van der Waals surface area (Å²) in [4.78, 5) is 13.0. The van der Waals surface area contributed by atoms with Crippen molar-refractivity contribution in [3.05, 3.63) is 100 Å². The lowest BCUT2D eigenvalue weighted by atomic mass is 10.1. The first-order chi connectivity index (χ1) is 17.0. The van der Waals surface area contributed by atoms with Gasteiger partial charge in [-0.25, -0.2) is 5.43 Å². The van der Waals surface area contributed by atoms with Gasteiger partial charge in [0.05, 0.1) is 24.1 Å². The monoisotopic (exact) mass is 524 g/mol. The molecule has 0 atom stereocenters. The van der Waals surface area contributed by atoms with Crippen LogP contribution in [0.1, 0.15) is 11.1 Å². The third kappa shape index (κ3) is 6.92. The molecule has 0 aliphatic heterocycles. The van der Waals surface area contributed by atoms with Crippen LogP contribution in [0.25, 0.3) is 10.8 Å². The van der Waals surface area contributed by atoms with Gasteiger partial charge in [-0.15, -0.1) is 11.8 Å². The molecule has 4 rings (SSSR count). The van der Waals surface area contributed by atoms with Crippen molar-refractivity contribution in [2.24, 2.45) is 5.10 Å². The number of fused-ring (bicyclic) bond motifs is 1. The number of hydrogen-bond acceptors (Lipinski definition) is 5. The topological polar surface area (TPSA) is 59.9 Å². The first kappa shape index (κ1) is 24.9. The number of methoxy groups -OCH3 is 1. The smallest absolute Gasteiger partial charge is 0.250 e. The van der Waals surface area contributed by atoms with Crippen LogP contribution in [0.2, 0.25) is 10.0 Å². The van der Waals surface area contributed by atoms with Crippen molar-refractivity contribution < 1.29 is 14.3 Å². The molecule has 178 valence electrons. The summed E-state index contributed by atoms with van der Waals surface area (Å²) in [6.45, 7) is 0.343. The van der Waals surface area contributed by atoms with Gasteiger partial charge in [-0.3, -0.25) is 4.79 Å². The molecule has 0 unspecified atom stereocenters. The molecule has 4 aromatic rings. The minimum atomic E-state index is -0.227. The standard InChI is InChI=1S/C27H22Cl2N2O3S/c1-33-25-14-19(15-30-31-26(32)17-35-23-10-8-22(28)9-11-23)13-24(29)27(25)34-16-18-6-7-20-4-2-3-5-21(20)12-18/h2-15H,16-17H2,1H3,(H,31,32)/b30-15-. The van der Waals surface area contributed by atoms with Crippen LogP contribution in [-0.4, -0.2) is 25.0 Å². The quantitative estimate of drug-likeness (QED) is 0.146. The lowest BCUT2D eigenvalue weighted by molar-refractivity contribution is -0.118. The van der Waals surface area contributed by atoms with E-state index in [1.54, 1.807) is 31.4 Å². The van der Waals surface area contributed by atoms with Gasteiger partial charge in [-0.2, -0.15) is 5.10 Å². The Morgan fingerprint density at radius 2 is 1.77 bits per heavy atom. The number of carbonyl (C=O) groups is 1. The highest BCUT2D eigenvalue weighted by atomic mass is 35.5. The van der Waals surface area contributed by atoms with Gasteiger partial charge < -0.3 is 9.47 Å². The Morgan fingerprint density at radius 3 is 2.54 bits per heavy atom. The molecule has 5 nitrogen and oxygen atoms in total. The minimum Gasteiger partial charge on any atom is -0.493 e. The van der Waals surface area contributed by atoms with Crippen LogP contribution < -0.4 is 14.9 Å². The normalized spacial score (nSPS) is 11.1. The molecule has 8 heteroatoms. The zero-order chi connectivity index (χ0) is 24.6. The number of amides is 1. The molecule has 0 radical (unpaired) electrons. The summed E-state index contributed by atoms with van der Waals surface area (Å²) in [6.07, 6.45) is 1.51. The summed E-state index contributed by atoms with van der Waals surface area (Å²) < 4.78 is 11.5. The largest absolute Gasteiger partial charge is 0.493 e. The summed E-state index contributed by atoms with van der Waals surface area (Å²) >= 11 is 13.7. The van der Waals surface area contributed by atoms with Crippen LogP contribution in [-0.2, 0) is 11.4 Å². The van der Waals surface area contributed by atoms with E-state index in [0.29, 0.717) is 33.7 Å². The second-order valence-corrected chi connectivity index (χ2v) is 9.43. The molecular weight excluding hydrogens is 503 g/mol. The maximum Gasteiger partial charge on any atom is 0.250 e. The van der Waals surface area contributed by atoms with Crippen LogP contribution in [0.15, 0.2) is 88.9 Å². The van der Waals surface area contributed by atoms with Gasteiger partial charge in [0.1, 0.15) is 6.61 Å². The first-order valence-electron chi connectivity index (χ1n) is 10.7. The molecule has 1 N–H and O–H groups in total. The number of nitrogens with zero attached hydrogens (tertiary/aromatic N) is 1. The van der Waals surface area contributed by atoms with Crippen molar-refractivity contribution in [3.8, 4) is 11.5 Å². The molecule has 0 bridgehead atoms. The molecule has 0 heterocycles. The van der Waals surface area contributed by atoms with Crippen LogP contribution in [0.5, 0.6) is 11.5 Å². The van der Waals surface area contributed by atoms with Gasteiger partial charge in [0.2, 0.25) is 5.91 Å². The second kappa shape index (κ2) is 12.0. The second-order valence-electron chi connectivity index (χ2n) is 7.54. The molecule has 0 aliphatic carbocycles. The van der Waals surface area contributed by atoms with E-state index >= 15 is 0 Å². The molecule has 0 saturated heterocycles. The third-order valence-corrected chi connectivity index (χ3v) is 6.58. The molecule has 35 heavy (non-hydrogen) atoms. The van der Waals surface area contributed by atoms with Crippen molar-refractivity contribution in [2.45, 2.75) is 11.5 Å². The average molecular weight is 525 g/mol. The molecule has 0 spiro atoms. The first-order valence-corrected chi connectivity index (χ1v) is 12.4. The molecular formula is C27H22Cl2N2O3S. The van der Waals surface area contributed by atoms with Gasteiger partial charge in [0.15, 0.2) is 11.5 Å². The molecule has 4 aromatic carbocycles. The van der Waals surface area contributed by atoms with Crippen molar-refractivity contribution >= 4 is 57.9 Å². The number of ether oxygens (including phenoxy) is 2. The van der Waals surface area contributed by atoms with Gasteiger partial charge >= 0.3 is 0 Å². The van der Waals surface area contributed by atoms with E-state index in [0.717, 1.165) is 15.8 Å². The van der Waals surface area contributed by atoms with Crippen LogP contribution in [0.4, 0.5) is 0 Å². The Morgan fingerprint density at radius 1 is 1.00 bits per heavy atom. The number of hydrogen-bond donors (Lipinski definition) is 1. The van der Waals surface area contributed by atoms with Crippen molar-refractivity contribution in [3.63, 3.8) is 0 Å². The van der Waals surface area contributed by atoms with Gasteiger partial charge in [0.25, 0.3) is 0 Å². The Hall–Kier alpha value is -3.19. The molecule has 0 aromatic heterocycles. The summed E-state index contributed by atoms with van der Waals surface area (Å²) in [5.74, 6) is 0.923. The number of thioether (sulfide) groups is 1. The van der Waals surface area contributed by atoms with E-state index in [1.165, 1.54) is 23.4 Å².